The minimum atomic E-state index is -0.366. The van der Waals surface area contributed by atoms with Crippen molar-refractivity contribution in [3.63, 3.8) is 0 Å². The summed E-state index contributed by atoms with van der Waals surface area (Å²) in [6.45, 7) is 0.743. The number of hydrogen-bond donors (Lipinski definition) is 0. The average molecular weight is 378 g/mol. The number of carbonyl (C=O) groups is 1. The molecule has 120 valence electrons. The first kappa shape index (κ1) is 17.0. The van der Waals surface area contributed by atoms with Crippen LogP contribution in [-0.2, 0) is 9.57 Å². The van der Waals surface area contributed by atoms with Crippen LogP contribution in [0.4, 0.5) is 0 Å². The van der Waals surface area contributed by atoms with Gasteiger partial charge in [0, 0.05) is 4.47 Å². The lowest BCUT2D eigenvalue weighted by Crippen LogP contribution is -2.04. The number of benzene rings is 2. The van der Waals surface area contributed by atoms with Crippen LogP contribution in [0.3, 0.4) is 0 Å². The zero-order valence-electron chi connectivity index (χ0n) is 12.6. The summed E-state index contributed by atoms with van der Waals surface area (Å²) in [6, 6.07) is 14.4. The van der Waals surface area contributed by atoms with E-state index in [1.807, 2.05) is 24.3 Å². The molecule has 0 aromatic heterocycles. The lowest BCUT2D eigenvalue weighted by Gasteiger charge is -2.05. The van der Waals surface area contributed by atoms with E-state index in [-0.39, 0.29) is 5.97 Å². The standard InChI is InChI=1S/C17H16BrNO4/c1-21-17(20)14-4-2-13(3-5-14)12-19-23-11-10-22-16-8-6-15(18)7-9-16/h2-9,12H,10-11H2,1H3/b19-12+. The van der Waals surface area contributed by atoms with E-state index in [2.05, 4.69) is 25.8 Å². The molecule has 0 unspecified atom stereocenters. The third kappa shape index (κ3) is 5.75. The molecule has 2 rings (SSSR count). The van der Waals surface area contributed by atoms with E-state index in [0.717, 1.165) is 15.8 Å². The van der Waals surface area contributed by atoms with Crippen LogP contribution in [0.15, 0.2) is 58.2 Å². The van der Waals surface area contributed by atoms with E-state index in [0.29, 0.717) is 18.8 Å². The van der Waals surface area contributed by atoms with Gasteiger partial charge in [-0.1, -0.05) is 33.2 Å². The molecule has 0 fully saturated rings. The number of oxime groups is 1. The summed E-state index contributed by atoms with van der Waals surface area (Å²) in [7, 11) is 1.35. The molecule has 0 N–H and O–H groups in total. The van der Waals surface area contributed by atoms with Gasteiger partial charge in [0.2, 0.25) is 0 Å². The monoisotopic (exact) mass is 377 g/mol. The maximum Gasteiger partial charge on any atom is 0.337 e. The second-order valence-electron chi connectivity index (χ2n) is 4.48. The molecule has 6 heteroatoms. The highest BCUT2D eigenvalue weighted by Gasteiger charge is 2.03. The van der Waals surface area contributed by atoms with Gasteiger partial charge in [-0.15, -0.1) is 0 Å². The minimum Gasteiger partial charge on any atom is -0.490 e. The Bertz CT molecular complexity index is 653. The van der Waals surface area contributed by atoms with Crippen LogP contribution < -0.4 is 4.74 Å². The summed E-state index contributed by atoms with van der Waals surface area (Å²) >= 11 is 3.36. The maximum absolute atomic E-state index is 11.3. The number of esters is 1. The molecule has 0 bridgehead atoms. The van der Waals surface area contributed by atoms with Gasteiger partial charge in [0.1, 0.15) is 12.4 Å². The van der Waals surface area contributed by atoms with Gasteiger partial charge in [-0.3, -0.25) is 0 Å². The molecule has 0 amide bonds. The Morgan fingerprint density at radius 2 is 1.78 bits per heavy atom. The van der Waals surface area contributed by atoms with Crippen molar-refractivity contribution >= 4 is 28.1 Å². The highest BCUT2D eigenvalue weighted by atomic mass is 79.9. The van der Waals surface area contributed by atoms with Gasteiger partial charge in [-0.05, 0) is 42.0 Å². The Hall–Kier alpha value is -2.34. The molecule has 0 atom stereocenters. The van der Waals surface area contributed by atoms with Crippen molar-refractivity contribution < 1.29 is 19.1 Å². The SMILES string of the molecule is COC(=O)c1ccc(/C=N/OCCOc2ccc(Br)cc2)cc1. The average Bonchev–Trinajstić information content (AvgIpc) is 2.59. The lowest BCUT2D eigenvalue weighted by molar-refractivity contribution is 0.0600. The van der Waals surface area contributed by atoms with E-state index in [4.69, 9.17) is 9.57 Å². The Morgan fingerprint density at radius 3 is 2.43 bits per heavy atom. The summed E-state index contributed by atoms with van der Waals surface area (Å²) in [5.74, 6) is 0.411. The number of methoxy groups -OCH3 is 1. The van der Waals surface area contributed by atoms with Gasteiger partial charge in [-0.2, -0.15) is 0 Å². The molecule has 0 saturated carbocycles. The van der Waals surface area contributed by atoms with E-state index < -0.39 is 0 Å². The molecular weight excluding hydrogens is 362 g/mol. The van der Waals surface area contributed by atoms with Crippen LogP contribution in [0.2, 0.25) is 0 Å². The van der Waals surface area contributed by atoms with Crippen LogP contribution in [0, 0.1) is 0 Å². The largest absolute Gasteiger partial charge is 0.490 e. The predicted octanol–water partition coefficient (Wildman–Crippen LogP) is 3.67. The Kier molecular flexibility index (Phi) is 6.62. The van der Waals surface area contributed by atoms with Gasteiger partial charge in [0.25, 0.3) is 0 Å². The fourth-order valence-electron chi connectivity index (χ4n) is 1.70. The molecular formula is C17H16BrNO4. The van der Waals surface area contributed by atoms with Crippen molar-refractivity contribution in [2.45, 2.75) is 0 Å². The first-order valence-electron chi connectivity index (χ1n) is 6.91. The zero-order valence-corrected chi connectivity index (χ0v) is 14.2. The second-order valence-corrected chi connectivity index (χ2v) is 5.40. The molecule has 0 heterocycles. The summed E-state index contributed by atoms with van der Waals surface area (Å²) in [4.78, 5) is 16.4. The summed E-state index contributed by atoms with van der Waals surface area (Å²) < 4.78 is 11.1. The van der Waals surface area contributed by atoms with Crippen molar-refractivity contribution in [3.8, 4) is 5.75 Å². The van der Waals surface area contributed by atoms with Crippen LogP contribution in [0.5, 0.6) is 5.75 Å². The van der Waals surface area contributed by atoms with Crippen LogP contribution >= 0.6 is 15.9 Å². The highest BCUT2D eigenvalue weighted by molar-refractivity contribution is 9.10. The molecule has 0 saturated heterocycles. The van der Waals surface area contributed by atoms with Crippen LogP contribution in [0.25, 0.3) is 0 Å². The van der Waals surface area contributed by atoms with Gasteiger partial charge >= 0.3 is 5.97 Å². The van der Waals surface area contributed by atoms with Gasteiger partial charge in [0.05, 0.1) is 18.9 Å². The van der Waals surface area contributed by atoms with Crippen molar-refractivity contribution in [1.29, 1.82) is 0 Å². The topological polar surface area (TPSA) is 57.1 Å². The number of carbonyl (C=O) groups excluding carboxylic acids is 1. The Balaban J connectivity index is 1.70. The Morgan fingerprint density at radius 1 is 1.09 bits per heavy atom. The number of halogens is 1. The predicted molar refractivity (Wildman–Crippen MR) is 91.0 cm³/mol. The fourth-order valence-corrected chi connectivity index (χ4v) is 1.97. The Labute approximate surface area is 143 Å². The van der Waals surface area contributed by atoms with E-state index in [1.165, 1.54) is 7.11 Å². The third-order valence-electron chi connectivity index (χ3n) is 2.87. The maximum atomic E-state index is 11.3. The van der Waals surface area contributed by atoms with E-state index >= 15 is 0 Å². The fraction of sp³-hybridized carbons (Fsp3) is 0.176. The summed E-state index contributed by atoms with van der Waals surface area (Å²) in [5.41, 5.74) is 1.32. The number of ether oxygens (including phenoxy) is 2. The summed E-state index contributed by atoms with van der Waals surface area (Å²) in [5, 5.41) is 3.85. The number of hydrogen-bond acceptors (Lipinski definition) is 5. The second kappa shape index (κ2) is 8.95. The highest BCUT2D eigenvalue weighted by Crippen LogP contribution is 2.15. The number of rotatable bonds is 7. The zero-order chi connectivity index (χ0) is 16.5. The molecule has 5 nitrogen and oxygen atoms in total. The van der Waals surface area contributed by atoms with Crippen LogP contribution in [-0.4, -0.2) is 32.5 Å². The molecule has 0 aliphatic rings. The first-order valence-corrected chi connectivity index (χ1v) is 7.70. The van der Waals surface area contributed by atoms with Gasteiger partial charge in [-0.25, -0.2) is 4.79 Å². The molecule has 2 aromatic rings. The molecule has 23 heavy (non-hydrogen) atoms. The van der Waals surface area contributed by atoms with Gasteiger partial charge < -0.3 is 14.3 Å². The molecule has 0 spiro atoms. The molecule has 2 aromatic carbocycles. The minimum absolute atomic E-state index is 0.340. The normalized spacial score (nSPS) is 10.5. The van der Waals surface area contributed by atoms with Crippen molar-refractivity contribution in [1.82, 2.24) is 0 Å². The smallest absolute Gasteiger partial charge is 0.337 e. The molecule has 0 aliphatic carbocycles. The third-order valence-corrected chi connectivity index (χ3v) is 3.39. The van der Waals surface area contributed by atoms with Gasteiger partial charge in [0.15, 0.2) is 6.61 Å². The summed E-state index contributed by atoms with van der Waals surface area (Å²) in [6.07, 6.45) is 1.57. The van der Waals surface area contributed by atoms with Crippen LogP contribution in [0.1, 0.15) is 15.9 Å². The van der Waals surface area contributed by atoms with Crippen molar-refractivity contribution in [2.24, 2.45) is 5.16 Å². The molecule has 0 aliphatic heterocycles. The van der Waals surface area contributed by atoms with Crippen molar-refractivity contribution in [3.05, 3.63) is 64.1 Å². The molecule has 0 radical (unpaired) electrons. The number of nitrogens with zero attached hydrogens (tertiary/aromatic N) is 1. The van der Waals surface area contributed by atoms with E-state index in [9.17, 15) is 4.79 Å². The quantitative estimate of drug-likeness (QED) is 0.319. The first-order chi connectivity index (χ1) is 11.2. The van der Waals surface area contributed by atoms with Crippen molar-refractivity contribution in [2.75, 3.05) is 20.3 Å². The lowest BCUT2D eigenvalue weighted by atomic mass is 10.1. The van der Waals surface area contributed by atoms with E-state index in [1.54, 1.807) is 30.5 Å².